The van der Waals surface area contributed by atoms with Crippen molar-refractivity contribution in [1.82, 2.24) is 30.8 Å². The third-order valence-corrected chi connectivity index (χ3v) is 11.5. The minimum atomic E-state index is -1.13. The van der Waals surface area contributed by atoms with Gasteiger partial charge in [-0.25, -0.2) is 14.8 Å². The fourth-order valence-corrected chi connectivity index (χ4v) is 8.21. The summed E-state index contributed by atoms with van der Waals surface area (Å²) in [7, 11) is 0. The number of pyridine rings is 2. The Morgan fingerprint density at radius 2 is 1.63 bits per heavy atom. The first-order chi connectivity index (χ1) is 31.6. The third kappa shape index (κ3) is 10.2. The number of urea groups is 1. The van der Waals surface area contributed by atoms with Gasteiger partial charge in [-0.3, -0.25) is 39.1 Å². The molecule has 0 spiro atoms. The molecule has 2 aliphatic heterocycles. The fourth-order valence-electron chi connectivity index (χ4n) is 8.21. The highest BCUT2D eigenvalue weighted by atomic mass is 16.5. The molecule has 17 heteroatoms. The predicted octanol–water partition coefficient (Wildman–Crippen LogP) is 5.13. The molecule has 7 amide bonds. The molecule has 4 N–H and O–H groups in total. The van der Waals surface area contributed by atoms with E-state index < -0.39 is 42.2 Å². The average molecular weight is 876 g/mol. The number of hydrogen-bond acceptors (Lipinski definition) is 12. The fraction of sp³-hybridized carbons (Fsp3) is 0.271. The van der Waals surface area contributed by atoms with Crippen LogP contribution in [0.15, 0.2) is 109 Å². The summed E-state index contributed by atoms with van der Waals surface area (Å²) in [6.07, 6.45) is 6.41. The van der Waals surface area contributed by atoms with Crippen LogP contribution in [0.2, 0.25) is 0 Å². The summed E-state index contributed by atoms with van der Waals surface area (Å²) in [5.41, 5.74) is 3.98. The predicted molar refractivity (Wildman–Crippen MR) is 237 cm³/mol. The Hall–Kier alpha value is -8.13. The summed E-state index contributed by atoms with van der Waals surface area (Å²) < 4.78 is 11.5. The van der Waals surface area contributed by atoms with Crippen molar-refractivity contribution in [1.29, 1.82) is 5.26 Å². The number of carbonyl (C=O) groups is 6. The topological polar surface area (TPSA) is 225 Å². The minimum absolute atomic E-state index is 0.00574. The molecule has 1 atom stereocenters. The second kappa shape index (κ2) is 19.9. The number of fused-ring (bicyclic) bond motifs is 1. The van der Waals surface area contributed by atoms with Gasteiger partial charge in [-0.1, -0.05) is 48.5 Å². The highest BCUT2D eigenvalue weighted by Gasteiger charge is 2.46. The summed E-state index contributed by atoms with van der Waals surface area (Å²) in [5.74, 6) is -2.03. The van der Waals surface area contributed by atoms with E-state index in [1.807, 2.05) is 71.6 Å². The molecule has 1 aliphatic carbocycles. The molecule has 4 heterocycles. The van der Waals surface area contributed by atoms with Crippen LogP contribution in [-0.4, -0.2) is 88.3 Å². The van der Waals surface area contributed by atoms with E-state index >= 15 is 0 Å². The van der Waals surface area contributed by atoms with Gasteiger partial charge in [0.2, 0.25) is 17.7 Å². The maximum absolute atomic E-state index is 13.9. The first kappa shape index (κ1) is 43.5. The van der Waals surface area contributed by atoms with Gasteiger partial charge < -0.3 is 25.4 Å². The Labute approximate surface area is 374 Å². The van der Waals surface area contributed by atoms with Crippen LogP contribution >= 0.6 is 0 Å². The van der Waals surface area contributed by atoms with Crippen molar-refractivity contribution in [3.63, 3.8) is 0 Å². The van der Waals surface area contributed by atoms with Gasteiger partial charge in [0.25, 0.3) is 17.7 Å². The molecule has 65 heavy (non-hydrogen) atoms. The summed E-state index contributed by atoms with van der Waals surface area (Å²) in [6, 6.07) is 30.1. The zero-order valence-corrected chi connectivity index (χ0v) is 35.2. The van der Waals surface area contributed by atoms with E-state index in [2.05, 4.69) is 37.3 Å². The zero-order chi connectivity index (χ0) is 45.3. The quantitative estimate of drug-likeness (QED) is 0.0794. The van der Waals surface area contributed by atoms with Crippen molar-refractivity contribution in [2.75, 3.05) is 30.0 Å². The zero-order valence-electron chi connectivity index (χ0n) is 35.2. The standard InChI is InChI=1S/C48H45N9O8/c49-26-31-9-19-40(52-28-31)54-34-12-16-36(17-13-34)56(48(63)53-27-30-5-2-1-3-6-30)35-14-10-32(11-15-35)33-21-22-51-43(25-33)64-24-23-50-42(59)29-65-39-8-4-7-37-44(39)47(62)57(46(37)61)38-18-20-41(58)55-45(38)60/h1-11,14-15,19,21-22,25,28,34,36,38H,12-13,16-18,20,23-24,27,29H2,(H,50,59)(H,52,54)(H,53,63)(H,55,58,60). The summed E-state index contributed by atoms with van der Waals surface area (Å²) in [6.45, 7) is 0.137. The third-order valence-electron chi connectivity index (χ3n) is 11.5. The number of nitrogens with one attached hydrogen (secondary N) is 4. The van der Waals surface area contributed by atoms with Crippen molar-refractivity contribution in [3.05, 3.63) is 132 Å². The Kier molecular flexibility index (Phi) is 13.3. The van der Waals surface area contributed by atoms with Gasteiger partial charge in [-0.15, -0.1) is 0 Å². The Balaban J connectivity index is 0.844. The molecule has 2 fully saturated rings. The molecule has 2 aromatic heterocycles. The first-order valence-corrected chi connectivity index (χ1v) is 21.3. The van der Waals surface area contributed by atoms with Gasteiger partial charge in [0.1, 0.15) is 30.3 Å². The molecule has 5 aromatic rings. The molecule has 330 valence electrons. The van der Waals surface area contributed by atoms with Gasteiger partial charge in [0.15, 0.2) is 6.61 Å². The lowest BCUT2D eigenvalue weighted by Crippen LogP contribution is -2.54. The van der Waals surface area contributed by atoms with Crippen LogP contribution in [0.3, 0.4) is 0 Å². The van der Waals surface area contributed by atoms with Gasteiger partial charge in [-0.05, 0) is 91.3 Å². The highest BCUT2D eigenvalue weighted by Crippen LogP contribution is 2.34. The first-order valence-electron chi connectivity index (χ1n) is 21.3. The van der Waals surface area contributed by atoms with Crippen molar-refractivity contribution in [2.45, 2.75) is 63.2 Å². The molecular weight excluding hydrogens is 831 g/mol. The van der Waals surface area contributed by atoms with E-state index in [-0.39, 0.29) is 61.0 Å². The molecule has 8 rings (SSSR count). The Morgan fingerprint density at radius 3 is 2.37 bits per heavy atom. The number of aromatic nitrogens is 2. The minimum Gasteiger partial charge on any atom is -0.483 e. The molecule has 17 nitrogen and oxygen atoms in total. The number of rotatable bonds is 15. The van der Waals surface area contributed by atoms with Crippen LogP contribution in [0.4, 0.5) is 16.3 Å². The lowest BCUT2D eigenvalue weighted by molar-refractivity contribution is -0.136. The van der Waals surface area contributed by atoms with E-state index in [0.29, 0.717) is 18.0 Å². The van der Waals surface area contributed by atoms with Crippen LogP contribution in [0.5, 0.6) is 11.6 Å². The van der Waals surface area contributed by atoms with Gasteiger partial charge >= 0.3 is 6.03 Å². The van der Waals surface area contributed by atoms with Crippen molar-refractivity contribution in [3.8, 4) is 28.8 Å². The van der Waals surface area contributed by atoms with E-state index in [9.17, 15) is 28.8 Å². The number of hydrogen-bond donors (Lipinski definition) is 4. The smallest absolute Gasteiger partial charge is 0.322 e. The Morgan fingerprint density at radius 1 is 0.831 bits per heavy atom. The number of nitriles is 1. The number of amides is 7. The van der Waals surface area contributed by atoms with Gasteiger partial charge in [0, 0.05) is 49.2 Å². The van der Waals surface area contributed by atoms with E-state index in [1.165, 1.54) is 18.2 Å². The number of ether oxygens (including phenoxy) is 2. The Bertz CT molecular complexity index is 2630. The summed E-state index contributed by atoms with van der Waals surface area (Å²) in [5, 5.41) is 20.6. The number of carbonyl (C=O) groups excluding carboxylic acids is 6. The monoisotopic (exact) mass is 875 g/mol. The SMILES string of the molecule is N#Cc1ccc(NC2CCC(N(C(=O)NCc3ccccc3)c3ccc(-c4ccnc(OCCNC(=O)COc5cccc6c5C(=O)N(C5CCC(=O)NC5=O)C6=O)c4)cc3)CC2)nc1. The van der Waals surface area contributed by atoms with E-state index in [4.69, 9.17) is 14.7 Å². The largest absolute Gasteiger partial charge is 0.483 e. The summed E-state index contributed by atoms with van der Waals surface area (Å²) >= 11 is 0. The molecule has 0 radical (unpaired) electrons. The molecule has 3 aliphatic rings. The van der Waals surface area contributed by atoms with Crippen LogP contribution in [0.1, 0.15) is 70.4 Å². The normalized spacial score (nSPS) is 17.9. The molecule has 1 unspecified atom stereocenters. The van der Waals surface area contributed by atoms with Crippen LogP contribution < -0.4 is 35.6 Å². The molecule has 1 saturated heterocycles. The van der Waals surface area contributed by atoms with E-state index in [1.54, 1.807) is 24.5 Å². The molecule has 0 bridgehead atoms. The van der Waals surface area contributed by atoms with Crippen molar-refractivity contribution in [2.24, 2.45) is 0 Å². The molecule has 3 aromatic carbocycles. The molecule has 1 saturated carbocycles. The lowest BCUT2D eigenvalue weighted by atomic mass is 9.89. The van der Waals surface area contributed by atoms with Crippen LogP contribution in [0.25, 0.3) is 11.1 Å². The maximum atomic E-state index is 13.9. The highest BCUT2D eigenvalue weighted by molar-refractivity contribution is 6.24. The van der Waals surface area contributed by atoms with Crippen LogP contribution in [0, 0.1) is 11.3 Å². The number of anilines is 2. The second-order valence-electron chi connectivity index (χ2n) is 15.8. The van der Waals surface area contributed by atoms with Gasteiger partial charge in [-0.2, -0.15) is 5.26 Å². The number of nitrogens with zero attached hydrogens (tertiary/aromatic N) is 5. The second-order valence-corrected chi connectivity index (χ2v) is 15.8. The van der Waals surface area contributed by atoms with E-state index in [0.717, 1.165) is 58.8 Å². The number of imide groups is 2. The average Bonchev–Trinajstić information content (AvgIpc) is 3.59. The molecular formula is C48H45N9O8. The van der Waals surface area contributed by atoms with Gasteiger partial charge in [0.05, 0.1) is 23.2 Å². The van der Waals surface area contributed by atoms with Crippen molar-refractivity contribution < 1.29 is 38.2 Å². The number of piperidine rings is 1. The maximum Gasteiger partial charge on any atom is 0.322 e. The summed E-state index contributed by atoms with van der Waals surface area (Å²) in [4.78, 5) is 88.5. The van der Waals surface area contributed by atoms with Crippen molar-refractivity contribution >= 4 is 47.1 Å². The number of benzene rings is 3. The lowest BCUT2D eigenvalue weighted by Gasteiger charge is -2.37. The van der Waals surface area contributed by atoms with Crippen LogP contribution in [-0.2, 0) is 20.9 Å².